The van der Waals surface area contributed by atoms with Gasteiger partial charge in [0.05, 0.1) is 0 Å². The van der Waals surface area contributed by atoms with Gasteiger partial charge in [0.2, 0.25) is 0 Å². The minimum Gasteiger partial charge on any atom is -0.341 e. The van der Waals surface area contributed by atoms with E-state index in [1.54, 1.807) is 9.80 Å². The largest absolute Gasteiger partial charge is 0.341 e. The van der Waals surface area contributed by atoms with E-state index in [2.05, 4.69) is 13.8 Å². The molecule has 4 heteroatoms. The van der Waals surface area contributed by atoms with Crippen LogP contribution in [0.1, 0.15) is 39.5 Å². The second kappa shape index (κ2) is 6.67. The van der Waals surface area contributed by atoms with Crippen LogP contribution in [0.5, 0.6) is 0 Å². The van der Waals surface area contributed by atoms with Crippen LogP contribution in [0.3, 0.4) is 0 Å². The fourth-order valence-corrected chi connectivity index (χ4v) is 1.59. The Morgan fingerprint density at radius 2 is 1.53 bits per heavy atom. The van der Waals surface area contributed by atoms with Crippen molar-refractivity contribution in [1.82, 2.24) is 9.80 Å². The first-order valence-electron chi connectivity index (χ1n) is 5.91. The highest BCUT2D eigenvalue weighted by atomic mass is 16.5. The molecule has 0 atom stereocenters. The third-order valence-corrected chi connectivity index (χ3v) is 2.60. The quantitative estimate of drug-likeness (QED) is 0.679. The average molecular weight is 214 g/mol. The number of ether oxygens (including phenoxy) is 1. The van der Waals surface area contributed by atoms with Crippen LogP contribution in [0.4, 0.5) is 4.79 Å². The van der Waals surface area contributed by atoms with Crippen molar-refractivity contribution in [2.45, 2.75) is 39.5 Å². The molecule has 4 nitrogen and oxygen atoms in total. The van der Waals surface area contributed by atoms with Gasteiger partial charge in [-0.2, -0.15) is 0 Å². The van der Waals surface area contributed by atoms with Gasteiger partial charge in [-0.1, -0.05) is 26.7 Å². The molecular formula is C11H22N2O2. The SMILES string of the molecule is CCCCN1COCN(CCCC)C1=O. The van der Waals surface area contributed by atoms with Crippen molar-refractivity contribution >= 4 is 6.03 Å². The summed E-state index contributed by atoms with van der Waals surface area (Å²) in [5.41, 5.74) is 0. The smallest absolute Gasteiger partial charge is 0.323 e. The van der Waals surface area contributed by atoms with Gasteiger partial charge in [-0.3, -0.25) is 0 Å². The zero-order valence-electron chi connectivity index (χ0n) is 9.87. The molecule has 0 spiro atoms. The van der Waals surface area contributed by atoms with E-state index in [1.807, 2.05) is 0 Å². The summed E-state index contributed by atoms with van der Waals surface area (Å²) >= 11 is 0. The molecule has 0 N–H and O–H groups in total. The average Bonchev–Trinajstić information content (AvgIpc) is 2.26. The summed E-state index contributed by atoms with van der Waals surface area (Å²) in [7, 11) is 0. The van der Waals surface area contributed by atoms with Crippen molar-refractivity contribution in [3.8, 4) is 0 Å². The first-order chi connectivity index (χ1) is 7.29. The van der Waals surface area contributed by atoms with Crippen molar-refractivity contribution in [1.29, 1.82) is 0 Å². The summed E-state index contributed by atoms with van der Waals surface area (Å²) in [6.07, 6.45) is 4.32. The van der Waals surface area contributed by atoms with Crippen molar-refractivity contribution in [3.05, 3.63) is 0 Å². The van der Waals surface area contributed by atoms with Gasteiger partial charge in [0.1, 0.15) is 13.5 Å². The lowest BCUT2D eigenvalue weighted by atomic mass is 10.3. The number of carbonyl (C=O) groups is 1. The zero-order valence-corrected chi connectivity index (χ0v) is 9.87. The summed E-state index contributed by atoms with van der Waals surface area (Å²) in [6.45, 7) is 6.81. The highest BCUT2D eigenvalue weighted by Crippen LogP contribution is 2.09. The van der Waals surface area contributed by atoms with E-state index in [-0.39, 0.29) is 6.03 Å². The first kappa shape index (κ1) is 12.3. The van der Waals surface area contributed by atoms with Crippen LogP contribution in [0.25, 0.3) is 0 Å². The van der Waals surface area contributed by atoms with Crippen LogP contribution >= 0.6 is 0 Å². The molecule has 0 aromatic rings. The molecule has 1 heterocycles. The number of nitrogens with zero attached hydrogens (tertiary/aromatic N) is 2. The Labute approximate surface area is 92.2 Å². The second-order valence-corrected chi connectivity index (χ2v) is 3.98. The lowest BCUT2D eigenvalue weighted by molar-refractivity contribution is -0.0519. The predicted molar refractivity (Wildman–Crippen MR) is 59.4 cm³/mol. The Kier molecular flexibility index (Phi) is 5.47. The maximum Gasteiger partial charge on any atom is 0.323 e. The molecule has 88 valence electrons. The molecule has 0 aromatic heterocycles. The van der Waals surface area contributed by atoms with E-state index < -0.39 is 0 Å². The summed E-state index contributed by atoms with van der Waals surface area (Å²) in [5.74, 6) is 0. The monoisotopic (exact) mass is 214 g/mol. The molecule has 0 unspecified atom stereocenters. The molecule has 1 saturated heterocycles. The number of carbonyl (C=O) groups excluding carboxylic acids is 1. The van der Waals surface area contributed by atoms with Crippen molar-refractivity contribution < 1.29 is 9.53 Å². The van der Waals surface area contributed by atoms with E-state index in [0.717, 1.165) is 38.8 Å². The third-order valence-electron chi connectivity index (χ3n) is 2.60. The molecule has 0 aromatic carbocycles. The van der Waals surface area contributed by atoms with Gasteiger partial charge >= 0.3 is 6.03 Å². The highest BCUT2D eigenvalue weighted by Gasteiger charge is 2.24. The summed E-state index contributed by atoms with van der Waals surface area (Å²) in [5, 5.41) is 0. The van der Waals surface area contributed by atoms with Gasteiger partial charge in [-0.05, 0) is 12.8 Å². The van der Waals surface area contributed by atoms with Gasteiger partial charge in [0.15, 0.2) is 0 Å². The molecule has 1 rings (SSSR count). The molecule has 2 amide bonds. The molecule has 0 aliphatic carbocycles. The summed E-state index contributed by atoms with van der Waals surface area (Å²) < 4.78 is 5.39. The molecule has 1 fully saturated rings. The normalized spacial score (nSPS) is 17.3. The molecule has 1 aliphatic heterocycles. The standard InChI is InChI=1S/C11H22N2O2/c1-3-5-7-12-9-15-10-13(11(12)14)8-6-4-2/h3-10H2,1-2H3. The summed E-state index contributed by atoms with van der Waals surface area (Å²) in [4.78, 5) is 15.5. The fraction of sp³-hybridized carbons (Fsp3) is 0.909. The molecule has 0 saturated carbocycles. The minimum atomic E-state index is 0.142. The number of hydrogen-bond acceptors (Lipinski definition) is 2. The maximum atomic E-state index is 11.9. The lowest BCUT2D eigenvalue weighted by Crippen LogP contribution is -2.50. The fourth-order valence-electron chi connectivity index (χ4n) is 1.59. The van der Waals surface area contributed by atoms with Gasteiger partial charge in [0.25, 0.3) is 0 Å². The molecule has 15 heavy (non-hydrogen) atoms. The topological polar surface area (TPSA) is 32.8 Å². The van der Waals surface area contributed by atoms with Gasteiger partial charge < -0.3 is 14.5 Å². The van der Waals surface area contributed by atoms with Crippen LogP contribution in [0.2, 0.25) is 0 Å². The maximum absolute atomic E-state index is 11.9. The lowest BCUT2D eigenvalue weighted by Gasteiger charge is -2.35. The number of urea groups is 1. The predicted octanol–water partition coefficient (Wildman–Crippen LogP) is 2.26. The Hall–Kier alpha value is -0.770. The molecular weight excluding hydrogens is 192 g/mol. The van der Waals surface area contributed by atoms with Crippen molar-refractivity contribution in [2.75, 3.05) is 26.6 Å². The first-order valence-corrected chi connectivity index (χ1v) is 5.91. The molecule has 0 bridgehead atoms. The second-order valence-electron chi connectivity index (χ2n) is 3.98. The van der Waals surface area contributed by atoms with Crippen LogP contribution in [-0.4, -0.2) is 42.4 Å². The summed E-state index contributed by atoms with van der Waals surface area (Å²) in [6, 6.07) is 0.142. The zero-order chi connectivity index (χ0) is 11.1. The van der Waals surface area contributed by atoms with Crippen LogP contribution in [0.15, 0.2) is 0 Å². The number of rotatable bonds is 6. The van der Waals surface area contributed by atoms with E-state index in [1.165, 1.54) is 0 Å². The van der Waals surface area contributed by atoms with E-state index in [4.69, 9.17) is 4.74 Å². The highest BCUT2D eigenvalue weighted by molar-refractivity contribution is 5.74. The Morgan fingerprint density at radius 3 is 1.93 bits per heavy atom. The number of amides is 2. The van der Waals surface area contributed by atoms with Crippen LogP contribution in [-0.2, 0) is 4.74 Å². The van der Waals surface area contributed by atoms with Crippen molar-refractivity contribution in [3.63, 3.8) is 0 Å². The Balaban J connectivity index is 2.36. The van der Waals surface area contributed by atoms with Gasteiger partial charge in [-0.15, -0.1) is 0 Å². The van der Waals surface area contributed by atoms with Crippen LogP contribution < -0.4 is 0 Å². The van der Waals surface area contributed by atoms with Gasteiger partial charge in [0, 0.05) is 13.1 Å². The van der Waals surface area contributed by atoms with E-state index >= 15 is 0 Å². The Morgan fingerprint density at radius 1 is 1.07 bits per heavy atom. The van der Waals surface area contributed by atoms with E-state index in [9.17, 15) is 4.79 Å². The van der Waals surface area contributed by atoms with Gasteiger partial charge in [-0.25, -0.2) is 4.79 Å². The minimum absolute atomic E-state index is 0.142. The number of unbranched alkanes of at least 4 members (excludes halogenated alkanes) is 2. The van der Waals surface area contributed by atoms with Crippen LogP contribution in [0, 0.1) is 0 Å². The molecule has 0 radical (unpaired) electrons. The van der Waals surface area contributed by atoms with Crippen molar-refractivity contribution in [2.24, 2.45) is 0 Å². The van der Waals surface area contributed by atoms with E-state index in [0.29, 0.717) is 13.5 Å². The Bertz CT molecular complexity index is 179. The molecule has 1 aliphatic rings. The third kappa shape index (κ3) is 3.70. The number of hydrogen-bond donors (Lipinski definition) is 0.